The third-order valence-corrected chi connectivity index (χ3v) is 5.95. The predicted molar refractivity (Wildman–Crippen MR) is 115 cm³/mol. The van der Waals surface area contributed by atoms with E-state index in [1.54, 1.807) is 11.6 Å². The third kappa shape index (κ3) is 5.43. The van der Waals surface area contributed by atoms with E-state index in [-0.39, 0.29) is 12.3 Å². The second kappa shape index (κ2) is 9.66. The number of halogens is 3. The first-order valence-corrected chi connectivity index (χ1v) is 10.9. The molecule has 3 aromatic rings. The maximum atomic E-state index is 12.7. The highest BCUT2D eigenvalue weighted by Gasteiger charge is 2.30. The Labute approximate surface area is 187 Å². The van der Waals surface area contributed by atoms with E-state index in [0.29, 0.717) is 36.0 Å². The molecule has 0 bridgehead atoms. The molecule has 2 aromatic heterocycles. The molecule has 0 unspecified atom stereocenters. The lowest BCUT2D eigenvalue weighted by molar-refractivity contribution is -0.137. The highest BCUT2D eigenvalue weighted by molar-refractivity contribution is 7.13. The van der Waals surface area contributed by atoms with Crippen molar-refractivity contribution < 1.29 is 22.7 Å². The first-order valence-electron chi connectivity index (χ1n) is 10.1. The number of aromatic nitrogens is 2. The Hall–Kier alpha value is -2.98. The van der Waals surface area contributed by atoms with Gasteiger partial charge in [-0.2, -0.15) is 13.2 Å². The largest absolute Gasteiger partial charge is 0.416 e. The smallest absolute Gasteiger partial charge is 0.378 e. The molecular weight excluding hydrogens is 441 g/mol. The van der Waals surface area contributed by atoms with Crippen LogP contribution in [-0.4, -0.2) is 42.2 Å². The quantitative estimate of drug-likeness (QED) is 0.602. The molecule has 10 heteroatoms. The summed E-state index contributed by atoms with van der Waals surface area (Å²) in [5.41, 5.74) is 1.37. The lowest BCUT2D eigenvalue weighted by Gasteiger charge is -2.29. The van der Waals surface area contributed by atoms with Gasteiger partial charge in [-0.15, -0.1) is 11.3 Å². The Morgan fingerprint density at radius 3 is 2.62 bits per heavy atom. The summed E-state index contributed by atoms with van der Waals surface area (Å²) >= 11 is 1.29. The number of hydrogen-bond donors (Lipinski definition) is 1. The Morgan fingerprint density at radius 2 is 1.91 bits per heavy atom. The summed E-state index contributed by atoms with van der Waals surface area (Å²) < 4.78 is 43.6. The van der Waals surface area contributed by atoms with Gasteiger partial charge in [0, 0.05) is 42.3 Å². The summed E-state index contributed by atoms with van der Waals surface area (Å²) in [5, 5.41) is 5.22. The van der Waals surface area contributed by atoms with Gasteiger partial charge in [-0.1, -0.05) is 18.2 Å². The van der Waals surface area contributed by atoms with Gasteiger partial charge in [0.1, 0.15) is 10.8 Å². The van der Waals surface area contributed by atoms with E-state index in [4.69, 9.17) is 4.74 Å². The molecular formula is C22H21F3N4O2S. The van der Waals surface area contributed by atoms with Crippen LogP contribution in [0.25, 0.3) is 10.6 Å². The number of carbonyl (C=O) groups is 1. The van der Waals surface area contributed by atoms with Gasteiger partial charge in [0.2, 0.25) is 5.91 Å². The lowest BCUT2D eigenvalue weighted by atomic mass is 10.1. The first kappa shape index (κ1) is 22.2. The zero-order valence-corrected chi connectivity index (χ0v) is 17.9. The van der Waals surface area contributed by atoms with Crippen molar-refractivity contribution in [1.29, 1.82) is 0 Å². The van der Waals surface area contributed by atoms with Gasteiger partial charge >= 0.3 is 6.18 Å². The van der Waals surface area contributed by atoms with Crippen molar-refractivity contribution in [3.63, 3.8) is 0 Å². The predicted octanol–water partition coefficient (Wildman–Crippen LogP) is 3.92. The minimum absolute atomic E-state index is 0.0876. The summed E-state index contributed by atoms with van der Waals surface area (Å²) in [6.07, 6.45) is -2.56. The van der Waals surface area contributed by atoms with Gasteiger partial charge < -0.3 is 15.0 Å². The van der Waals surface area contributed by atoms with Crippen LogP contribution < -0.4 is 10.2 Å². The molecule has 32 heavy (non-hydrogen) atoms. The molecule has 168 valence electrons. The van der Waals surface area contributed by atoms with Crippen LogP contribution in [0.4, 0.5) is 19.0 Å². The molecule has 1 aromatic carbocycles. The number of morpholine rings is 1. The number of nitrogens with zero attached hydrogens (tertiary/aromatic N) is 3. The SMILES string of the molecule is O=C(Cc1csc(-c2ccc(C(F)(F)F)cc2)n1)NCc1cccnc1N1CCOCC1. The molecule has 0 spiro atoms. The monoisotopic (exact) mass is 462 g/mol. The molecule has 6 nitrogen and oxygen atoms in total. The molecule has 1 fully saturated rings. The Balaban J connectivity index is 1.35. The molecule has 1 aliphatic heterocycles. The fourth-order valence-electron chi connectivity index (χ4n) is 3.37. The molecule has 0 aliphatic carbocycles. The number of thiazole rings is 1. The number of rotatable bonds is 6. The number of anilines is 1. The minimum atomic E-state index is -4.37. The van der Waals surface area contributed by atoms with Gasteiger partial charge in [-0.05, 0) is 18.2 Å². The highest BCUT2D eigenvalue weighted by Crippen LogP contribution is 2.31. The molecule has 3 heterocycles. The number of carbonyl (C=O) groups excluding carboxylic acids is 1. The van der Waals surface area contributed by atoms with Crippen LogP contribution in [0.5, 0.6) is 0 Å². The average molecular weight is 462 g/mol. The zero-order chi connectivity index (χ0) is 22.6. The lowest BCUT2D eigenvalue weighted by Crippen LogP contribution is -2.38. The molecule has 4 rings (SSSR count). The number of amides is 1. The molecule has 1 amide bonds. The van der Waals surface area contributed by atoms with Crippen LogP contribution in [0.2, 0.25) is 0 Å². The second-order valence-electron chi connectivity index (χ2n) is 7.26. The van der Waals surface area contributed by atoms with Crippen molar-refractivity contribution in [3.8, 4) is 10.6 Å². The van der Waals surface area contributed by atoms with E-state index in [2.05, 4.69) is 20.2 Å². The van der Waals surface area contributed by atoms with E-state index >= 15 is 0 Å². The summed E-state index contributed by atoms with van der Waals surface area (Å²) in [6.45, 7) is 3.14. The van der Waals surface area contributed by atoms with E-state index in [1.165, 1.54) is 23.5 Å². The number of alkyl halides is 3. The number of pyridine rings is 1. The summed E-state index contributed by atoms with van der Waals surface area (Å²) in [7, 11) is 0. The molecule has 1 N–H and O–H groups in total. The highest BCUT2D eigenvalue weighted by atomic mass is 32.1. The molecule has 0 saturated carbocycles. The molecule has 0 radical (unpaired) electrons. The van der Waals surface area contributed by atoms with Gasteiger partial charge in [0.15, 0.2) is 0 Å². The van der Waals surface area contributed by atoms with E-state index in [0.717, 1.165) is 36.6 Å². The summed E-state index contributed by atoms with van der Waals surface area (Å²) in [5.74, 6) is 0.653. The number of hydrogen-bond acceptors (Lipinski definition) is 6. The van der Waals surface area contributed by atoms with Crippen molar-refractivity contribution in [2.75, 3.05) is 31.2 Å². The first-order chi connectivity index (χ1) is 15.4. The van der Waals surface area contributed by atoms with Gasteiger partial charge in [-0.3, -0.25) is 4.79 Å². The van der Waals surface area contributed by atoms with Crippen LogP contribution in [0.1, 0.15) is 16.8 Å². The van der Waals surface area contributed by atoms with E-state index < -0.39 is 11.7 Å². The van der Waals surface area contributed by atoms with Crippen LogP contribution in [0.15, 0.2) is 48.0 Å². The normalized spacial score (nSPS) is 14.4. The van der Waals surface area contributed by atoms with Gasteiger partial charge in [0.05, 0.1) is 30.9 Å². The third-order valence-electron chi connectivity index (χ3n) is 5.01. The van der Waals surface area contributed by atoms with Gasteiger partial charge in [0.25, 0.3) is 0 Å². The van der Waals surface area contributed by atoms with Crippen LogP contribution in [0, 0.1) is 0 Å². The van der Waals surface area contributed by atoms with Gasteiger partial charge in [-0.25, -0.2) is 9.97 Å². The zero-order valence-electron chi connectivity index (χ0n) is 17.1. The number of nitrogens with one attached hydrogen (secondary N) is 1. The Bertz CT molecular complexity index is 1060. The molecule has 1 aliphatic rings. The fraction of sp³-hybridized carbons (Fsp3) is 0.318. The van der Waals surface area contributed by atoms with Crippen molar-refractivity contribution in [2.24, 2.45) is 0 Å². The second-order valence-corrected chi connectivity index (χ2v) is 8.12. The number of ether oxygens (including phenoxy) is 1. The van der Waals surface area contributed by atoms with Crippen molar-refractivity contribution in [2.45, 2.75) is 19.1 Å². The average Bonchev–Trinajstić information content (AvgIpc) is 3.26. The maximum Gasteiger partial charge on any atom is 0.416 e. The Morgan fingerprint density at radius 1 is 1.16 bits per heavy atom. The van der Waals surface area contributed by atoms with Crippen molar-refractivity contribution >= 4 is 23.1 Å². The topological polar surface area (TPSA) is 67.4 Å². The van der Waals surface area contributed by atoms with Crippen LogP contribution in [-0.2, 0) is 28.7 Å². The maximum absolute atomic E-state index is 12.7. The minimum Gasteiger partial charge on any atom is -0.378 e. The van der Waals surface area contributed by atoms with Crippen LogP contribution >= 0.6 is 11.3 Å². The van der Waals surface area contributed by atoms with E-state index in [9.17, 15) is 18.0 Å². The summed E-state index contributed by atoms with van der Waals surface area (Å²) in [4.78, 5) is 23.5. The fourth-order valence-corrected chi connectivity index (χ4v) is 4.20. The molecule has 0 atom stereocenters. The van der Waals surface area contributed by atoms with Crippen molar-refractivity contribution in [3.05, 3.63) is 64.8 Å². The molecule has 1 saturated heterocycles. The van der Waals surface area contributed by atoms with Crippen LogP contribution in [0.3, 0.4) is 0 Å². The van der Waals surface area contributed by atoms with Crippen molar-refractivity contribution in [1.82, 2.24) is 15.3 Å². The standard InChI is InChI=1S/C22H21F3N4O2S/c23-22(24,25)17-5-3-15(4-6-17)21-28-18(14-32-21)12-19(30)27-13-16-2-1-7-26-20(16)29-8-10-31-11-9-29/h1-7,14H,8-13H2,(H,27,30). The van der Waals surface area contributed by atoms with E-state index in [1.807, 2.05) is 12.1 Å². The Kier molecular flexibility index (Phi) is 6.71. The summed E-state index contributed by atoms with van der Waals surface area (Å²) in [6, 6.07) is 8.61. The number of benzene rings is 1.